The molecule has 0 aliphatic carbocycles. The molecule has 5 nitrogen and oxygen atoms in total. The summed E-state index contributed by atoms with van der Waals surface area (Å²) in [6, 6.07) is 22.3. The molecule has 0 radical (unpaired) electrons. The highest BCUT2D eigenvalue weighted by Gasteiger charge is 2.32. The van der Waals surface area contributed by atoms with Crippen molar-refractivity contribution in [3.63, 3.8) is 0 Å². The number of anilines is 2. The van der Waals surface area contributed by atoms with Gasteiger partial charge in [0.2, 0.25) is 5.91 Å². The number of carbonyl (C=O) groups is 2. The third-order valence-corrected chi connectivity index (χ3v) is 4.80. The molecule has 1 N–H and O–H groups in total. The van der Waals surface area contributed by atoms with Crippen molar-refractivity contribution in [2.45, 2.75) is 13.3 Å². The summed E-state index contributed by atoms with van der Waals surface area (Å²) in [5, 5.41) is 2.79. The van der Waals surface area contributed by atoms with Gasteiger partial charge in [0.05, 0.1) is 5.69 Å². The second-order valence-corrected chi connectivity index (χ2v) is 6.97. The smallest absolute Gasteiger partial charge is 0.282 e. The average molecular weight is 413 g/mol. The molecule has 1 heterocycles. The molecule has 0 atom stereocenters. The van der Waals surface area contributed by atoms with Gasteiger partial charge in [-0.25, -0.2) is 9.38 Å². The van der Waals surface area contributed by atoms with Crippen LogP contribution < -0.4 is 10.2 Å². The maximum absolute atomic E-state index is 13.3. The van der Waals surface area contributed by atoms with Crippen LogP contribution in [0.15, 0.2) is 89.6 Å². The standard InChI is InChI=1S/C25H20FN3O2/c1-2-23(30)27-20-12-14-21(15-13-20)29-24(18-6-4-3-5-7-18)28-22(25(29)31)16-17-8-10-19(26)11-9-17/h3-16H,2H2,1H3,(H,27,30)/b22-16-. The molecule has 0 saturated carbocycles. The van der Waals surface area contributed by atoms with Crippen LogP contribution in [0, 0.1) is 5.82 Å². The van der Waals surface area contributed by atoms with E-state index in [-0.39, 0.29) is 23.3 Å². The Morgan fingerprint density at radius 2 is 1.68 bits per heavy atom. The Bertz CT molecular complexity index is 1170. The van der Waals surface area contributed by atoms with Gasteiger partial charge in [-0.3, -0.25) is 14.5 Å². The monoisotopic (exact) mass is 413 g/mol. The number of nitrogens with zero attached hydrogens (tertiary/aromatic N) is 2. The van der Waals surface area contributed by atoms with Crippen molar-refractivity contribution in [3.8, 4) is 0 Å². The Hall–Kier alpha value is -4.06. The normalized spacial score (nSPS) is 14.6. The number of nitrogens with one attached hydrogen (secondary N) is 1. The van der Waals surface area contributed by atoms with E-state index in [4.69, 9.17) is 0 Å². The van der Waals surface area contributed by atoms with Gasteiger partial charge in [0.1, 0.15) is 17.3 Å². The van der Waals surface area contributed by atoms with Gasteiger partial charge >= 0.3 is 0 Å². The number of benzene rings is 3. The van der Waals surface area contributed by atoms with Crippen molar-refractivity contribution >= 4 is 35.1 Å². The molecule has 154 valence electrons. The lowest BCUT2D eigenvalue weighted by Crippen LogP contribution is -2.32. The Morgan fingerprint density at radius 3 is 2.32 bits per heavy atom. The largest absolute Gasteiger partial charge is 0.326 e. The lowest BCUT2D eigenvalue weighted by Gasteiger charge is -2.19. The molecule has 0 saturated heterocycles. The van der Waals surface area contributed by atoms with E-state index < -0.39 is 0 Å². The zero-order valence-corrected chi connectivity index (χ0v) is 16.9. The summed E-state index contributed by atoms with van der Waals surface area (Å²) in [5.74, 6) is -0.205. The molecule has 4 rings (SSSR count). The second-order valence-electron chi connectivity index (χ2n) is 6.97. The lowest BCUT2D eigenvalue weighted by atomic mass is 10.1. The molecule has 2 amide bonds. The average Bonchev–Trinajstić information content (AvgIpc) is 3.12. The van der Waals surface area contributed by atoms with Gasteiger partial charge in [0.15, 0.2) is 0 Å². The maximum Gasteiger partial charge on any atom is 0.282 e. The molecule has 31 heavy (non-hydrogen) atoms. The number of amides is 2. The van der Waals surface area contributed by atoms with Crippen LogP contribution in [0.4, 0.5) is 15.8 Å². The highest BCUT2D eigenvalue weighted by molar-refractivity contribution is 6.33. The fourth-order valence-corrected chi connectivity index (χ4v) is 3.20. The maximum atomic E-state index is 13.3. The van der Waals surface area contributed by atoms with Gasteiger partial charge in [0.25, 0.3) is 5.91 Å². The Morgan fingerprint density at radius 1 is 1.00 bits per heavy atom. The zero-order chi connectivity index (χ0) is 21.8. The third-order valence-electron chi connectivity index (χ3n) is 4.80. The van der Waals surface area contributed by atoms with Gasteiger partial charge in [-0.05, 0) is 48.0 Å². The molecule has 0 unspecified atom stereocenters. The Balaban J connectivity index is 1.72. The predicted octanol–water partition coefficient (Wildman–Crippen LogP) is 5.01. The van der Waals surface area contributed by atoms with Crippen LogP contribution >= 0.6 is 0 Å². The summed E-state index contributed by atoms with van der Waals surface area (Å²) < 4.78 is 13.2. The number of hydrogen-bond donors (Lipinski definition) is 1. The van der Waals surface area contributed by atoms with E-state index in [0.29, 0.717) is 29.2 Å². The van der Waals surface area contributed by atoms with Crippen molar-refractivity contribution in [1.82, 2.24) is 0 Å². The van der Waals surface area contributed by atoms with Gasteiger partial charge in [-0.1, -0.05) is 49.4 Å². The highest BCUT2D eigenvalue weighted by Crippen LogP contribution is 2.29. The van der Waals surface area contributed by atoms with E-state index in [0.717, 1.165) is 5.56 Å². The number of aliphatic imine (C=N–C) groups is 1. The van der Waals surface area contributed by atoms with E-state index in [1.54, 1.807) is 49.4 Å². The van der Waals surface area contributed by atoms with Crippen molar-refractivity contribution in [3.05, 3.63) is 102 Å². The molecule has 0 aromatic heterocycles. The minimum absolute atomic E-state index is 0.0824. The molecule has 0 fully saturated rings. The summed E-state index contributed by atoms with van der Waals surface area (Å²) in [4.78, 5) is 31.0. The van der Waals surface area contributed by atoms with Gasteiger partial charge < -0.3 is 5.32 Å². The molecule has 1 aliphatic heterocycles. The minimum atomic E-state index is -0.342. The van der Waals surface area contributed by atoms with E-state index >= 15 is 0 Å². The third kappa shape index (κ3) is 4.43. The van der Waals surface area contributed by atoms with E-state index in [1.165, 1.54) is 17.0 Å². The second kappa shape index (κ2) is 8.75. The van der Waals surface area contributed by atoms with Gasteiger partial charge in [-0.15, -0.1) is 0 Å². The van der Waals surface area contributed by atoms with Crippen LogP contribution in [0.5, 0.6) is 0 Å². The van der Waals surface area contributed by atoms with E-state index in [1.807, 2.05) is 30.3 Å². The highest BCUT2D eigenvalue weighted by atomic mass is 19.1. The molecular formula is C25H20FN3O2. The van der Waals surface area contributed by atoms with Crippen LogP contribution in [0.3, 0.4) is 0 Å². The number of halogens is 1. The summed E-state index contributed by atoms with van der Waals surface area (Å²) in [6.45, 7) is 1.78. The SMILES string of the molecule is CCC(=O)Nc1ccc(N2C(=O)/C(=C/c3ccc(F)cc3)N=C2c2ccccc2)cc1. The zero-order valence-electron chi connectivity index (χ0n) is 16.9. The van der Waals surface area contributed by atoms with Gasteiger partial charge in [0, 0.05) is 17.7 Å². The molecule has 0 bridgehead atoms. The van der Waals surface area contributed by atoms with Crippen molar-refractivity contribution < 1.29 is 14.0 Å². The first kappa shape index (κ1) is 20.2. The first-order valence-electron chi connectivity index (χ1n) is 9.91. The van der Waals surface area contributed by atoms with E-state index in [2.05, 4.69) is 10.3 Å². The fraction of sp³-hybridized carbons (Fsp3) is 0.0800. The minimum Gasteiger partial charge on any atom is -0.326 e. The van der Waals surface area contributed by atoms with Gasteiger partial charge in [-0.2, -0.15) is 0 Å². The summed E-state index contributed by atoms with van der Waals surface area (Å²) >= 11 is 0. The van der Waals surface area contributed by atoms with Crippen molar-refractivity contribution in [2.24, 2.45) is 4.99 Å². The first-order valence-corrected chi connectivity index (χ1v) is 9.91. The number of amidine groups is 1. The predicted molar refractivity (Wildman–Crippen MR) is 120 cm³/mol. The fourth-order valence-electron chi connectivity index (χ4n) is 3.20. The van der Waals surface area contributed by atoms with Crippen LogP contribution in [0.25, 0.3) is 6.08 Å². The summed E-state index contributed by atoms with van der Waals surface area (Å²) in [7, 11) is 0. The number of rotatable bonds is 5. The molecule has 0 spiro atoms. The molecular weight excluding hydrogens is 393 g/mol. The first-order chi connectivity index (χ1) is 15.0. The van der Waals surface area contributed by atoms with Crippen LogP contribution in [0.1, 0.15) is 24.5 Å². The molecule has 3 aromatic rings. The van der Waals surface area contributed by atoms with Crippen molar-refractivity contribution in [2.75, 3.05) is 10.2 Å². The van der Waals surface area contributed by atoms with Crippen LogP contribution in [0.2, 0.25) is 0 Å². The Kier molecular flexibility index (Phi) is 5.71. The lowest BCUT2D eigenvalue weighted by molar-refractivity contribution is -0.116. The van der Waals surface area contributed by atoms with E-state index in [9.17, 15) is 14.0 Å². The molecule has 1 aliphatic rings. The summed E-state index contributed by atoms with van der Waals surface area (Å²) in [6.07, 6.45) is 2.02. The Labute approximate surface area is 179 Å². The van der Waals surface area contributed by atoms with Crippen LogP contribution in [-0.2, 0) is 9.59 Å². The van der Waals surface area contributed by atoms with Crippen LogP contribution in [-0.4, -0.2) is 17.6 Å². The number of carbonyl (C=O) groups excluding carboxylic acids is 2. The molecule has 3 aromatic carbocycles. The summed E-state index contributed by atoms with van der Waals surface area (Å²) in [5.41, 5.74) is 3.02. The topological polar surface area (TPSA) is 61.8 Å². The molecule has 6 heteroatoms. The quantitative estimate of drug-likeness (QED) is 0.598. The van der Waals surface area contributed by atoms with Crippen molar-refractivity contribution in [1.29, 1.82) is 0 Å². The number of hydrogen-bond acceptors (Lipinski definition) is 3.